The second kappa shape index (κ2) is 67.2. The van der Waals surface area contributed by atoms with Gasteiger partial charge in [-0.2, -0.15) is 0 Å². The van der Waals surface area contributed by atoms with Crippen LogP contribution in [0.15, 0.2) is 0 Å². The van der Waals surface area contributed by atoms with Crippen molar-refractivity contribution in [1.82, 2.24) is 0 Å². The highest BCUT2D eigenvalue weighted by atomic mass is 31.2. The zero-order valence-electron chi connectivity index (χ0n) is 63.7. The van der Waals surface area contributed by atoms with E-state index in [1.54, 1.807) is 0 Å². The first-order valence-electron chi connectivity index (χ1n) is 40.2. The van der Waals surface area contributed by atoms with Gasteiger partial charge in [-0.15, -0.1) is 0 Å². The minimum absolute atomic E-state index is 0.103. The molecule has 0 saturated carbocycles. The molecule has 0 rings (SSSR count). The molecular formula is C78H152O17P2. The quantitative estimate of drug-likeness (QED) is 0.0222. The smallest absolute Gasteiger partial charge is 0.462 e. The van der Waals surface area contributed by atoms with Gasteiger partial charge in [-0.1, -0.05) is 344 Å². The van der Waals surface area contributed by atoms with Crippen LogP contribution in [0.5, 0.6) is 0 Å². The van der Waals surface area contributed by atoms with E-state index in [4.69, 9.17) is 37.0 Å². The van der Waals surface area contributed by atoms with Crippen LogP contribution in [0.4, 0.5) is 0 Å². The van der Waals surface area contributed by atoms with Crippen molar-refractivity contribution in [3.8, 4) is 0 Å². The lowest BCUT2D eigenvalue weighted by Crippen LogP contribution is -2.30. The van der Waals surface area contributed by atoms with Crippen LogP contribution in [0.2, 0.25) is 0 Å². The Labute approximate surface area is 594 Å². The van der Waals surface area contributed by atoms with Crippen molar-refractivity contribution >= 4 is 39.5 Å². The molecule has 0 fully saturated rings. The first-order chi connectivity index (χ1) is 46.6. The number of hydrogen-bond acceptors (Lipinski definition) is 15. The first-order valence-corrected chi connectivity index (χ1v) is 43.2. The second-order valence-corrected chi connectivity index (χ2v) is 32.9. The highest BCUT2D eigenvalue weighted by Crippen LogP contribution is 2.45. The lowest BCUT2D eigenvalue weighted by atomic mass is 10.0. The number of hydrogen-bond donors (Lipinski definition) is 3. The average Bonchev–Trinajstić information content (AvgIpc) is 3.77. The number of carbonyl (C=O) groups is 4. The SMILES string of the molecule is CC(C)CCCCCCCCCCCCCCCCCCCCC(=O)O[C@H](COC(=O)CCCCCCCCCCCCCCC(C)C)COP(=O)(O)OCC(O)COP(=O)(O)OC[C@@H](COC(=O)CCCCCCCCCCC(C)C)OC(=O)CCCCCCCCCC(C)C. The predicted octanol–water partition coefficient (Wildman–Crippen LogP) is 22.8. The molecule has 576 valence electrons. The van der Waals surface area contributed by atoms with E-state index in [0.29, 0.717) is 31.6 Å². The van der Waals surface area contributed by atoms with E-state index in [-0.39, 0.29) is 25.7 Å². The number of aliphatic hydroxyl groups excluding tert-OH is 1. The zero-order chi connectivity index (χ0) is 71.7. The highest BCUT2D eigenvalue weighted by molar-refractivity contribution is 7.47. The molecule has 0 radical (unpaired) electrons. The summed E-state index contributed by atoms with van der Waals surface area (Å²) in [5.74, 6) is 0.903. The molecule has 0 heterocycles. The summed E-state index contributed by atoms with van der Waals surface area (Å²) in [5, 5.41) is 10.6. The maximum Gasteiger partial charge on any atom is 0.472 e. The second-order valence-electron chi connectivity index (χ2n) is 30.0. The molecule has 0 spiro atoms. The molecule has 0 aromatic rings. The van der Waals surface area contributed by atoms with Gasteiger partial charge in [-0.25, -0.2) is 9.13 Å². The number of rotatable bonds is 75. The Bertz CT molecular complexity index is 1900. The molecule has 5 atom stereocenters. The predicted molar refractivity (Wildman–Crippen MR) is 395 cm³/mol. The molecular weight excluding hydrogens is 1270 g/mol. The van der Waals surface area contributed by atoms with Gasteiger partial charge >= 0.3 is 39.5 Å². The number of unbranched alkanes of at least 4 members (excludes halogenated alkanes) is 41. The van der Waals surface area contributed by atoms with Gasteiger partial charge in [0, 0.05) is 25.7 Å². The summed E-state index contributed by atoms with van der Waals surface area (Å²) in [6, 6.07) is 0. The van der Waals surface area contributed by atoms with E-state index in [0.717, 1.165) is 108 Å². The topological polar surface area (TPSA) is 237 Å². The number of carbonyl (C=O) groups excluding carboxylic acids is 4. The molecule has 3 unspecified atom stereocenters. The fourth-order valence-electron chi connectivity index (χ4n) is 11.9. The van der Waals surface area contributed by atoms with Crippen molar-refractivity contribution in [3.05, 3.63) is 0 Å². The monoisotopic (exact) mass is 1420 g/mol. The Balaban J connectivity index is 5.21. The van der Waals surface area contributed by atoms with Gasteiger partial charge < -0.3 is 33.8 Å². The van der Waals surface area contributed by atoms with Gasteiger partial charge in [-0.3, -0.25) is 37.3 Å². The fraction of sp³-hybridized carbons (Fsp3) is 0.949. The van der Waals surface area contributed by atoms with Crippen LogP contribution in [0.1, 0.15) is 396 Å². The fourth-order valence-corrected chi connectivity index (χ4v) is 13.5. The van der Waals surface area contributed by atoms with E-state index in [9.17, 15) is 43.2 Å². The van der Waals surface area contributed by atoms with Gasteiger partial charge in [0.05, 0.1) is 26.4 Å². The van der Waals surface area contributed by atoms with Crippen molar-refractivity contribution in [2.75, 3.05) is 39.6 Å². The van der Waals surface area contributed by atoms with Crippen LogP contribution >= 0.6 is 15.6 Å². The van der Waals surface area contributed by atoms with Crippen LogP contribution < -0.4 is 0 Å². The molecule has 0 aliphatic rings. The van der Waals surface area contributed by atoms with E-state index in [1.165, 1.54) is 199 Å². The summed E-state index contributed by atoms with van der Waals surface area (Å²) in [4.78, 5) is 72.8. The summed E-state index contributed by atoms with van der Waals surface area (Å²) >= 11 is 0. The maximum absolute atomic E-state index is 13.1. The highest BCUT2D eigenvalue weighted by Gasteiger charge is 2.30. The largest absolute Gasteiger partial charge is 0.472 e. The minimum atomic E-state index is -4.96. The van der Waals surface area contributed by atoms with Gasteiger partial charge in [0.1, 0.15) is 19.3 Å². The number of phosphoric ester groups is 2. The van der Waals surface area contributed by atoms with Gasteiger partial charge in [-0.05, 0) is 49.4 Å². The zero-order valence-corrected chi connectivity index (χ0v) is 65.5. The number of aliphatic hydroxyl groups is 1. The van der Waals surface area contributed by atoms with Crippen LogP contribution in [-0.4, -0.2) is 96.7 Å². The van der Waals surface area contributed by atoms with E-state index >= 15 is 0 Å². The molecule has 17 nitrogen and oxygen atoms in total. The van der Waals surface area contributed by atoms with Crippen LogP contribution in [0, 0.1) is 23.7 Å². The average molecular weight is 1420 g/mol. The van der Waals surface area contributed by atoms with E-state index in [1.807, 2.05) is 0 Å². The summed E-state index contributed by atoms with van der Waals surface area (Å²) in [5.41, 5.74) is 0. The van der Waals surface area contributed by atoms with Crippen LogP contribution in [0.3, 0.4) is 0 Å². The number of phosphoric acid groups is 2. The summed E-state index contributed by atoms with van der Waals surface area (Å²) in [6.07, 6.45) is 53.0. The molecule has 0 amide bonds. The van der Waals surface area contributed by atoms with Gasteiger partial charge in [0.15, 0.2) is 12.2 Å². The standard InChI is InChI=1S/C78H152O17P2/c1-68(2)54-46-38-30-23-19-15-13-11-9-10-12-14-16-22-26-36-44-52-60-77(82)94-73(64-88-75(80)58-50-42-34-25-21-18-17-20-24-31-39-47-55-69(3)4)66-92-96(84,85)90-62-72(79)63-91-97(86,87)93-67-74(95-78(83)61-53-45-37-29-33-41-49-57-71(7)8)65-89-76(81)59-51-43-35-28-27-32-40-48-56-70(5)6/h68-74,79H,9-67H2,1-8H3,(H,84,85)(H,86,87)/t72?,73-,74-/m1/s1. The molecule has 0 aliphatic heterocycles. The van der Waals surface area contributed by atoms with Gasteiger partial charge in [0.2, 0.25) is 0 Å². The Morgan fingerprint density at radius 1 is 0.258 bits per heavy atom. The summed E-state index contributed by atoms with van der Waals surface area (Å²) in [6.45, 7) is 14.2. The molecule has 0 aromatic heterocycles. The third kappa shape index (κ3) is 72.2. The Morgan fingerprint density at radius 2 is 0.433 bits per heavy atom. The number of esters is 4. The third-order valence-corrected chi connectivity index (χ3v) is 20.0. The lowest BCUT2D eigenvalue weighted by molar-refractivity contribution is -0.161. The third-order valence-electron chi connectivity index (χ3n) is 18.1. The molecule has 0 bridgehead atoms. The Kier molecular flexibility index (Phi) is 65.9. The van der Waals surface area contributed by atoms with Crippen molar-refractivity contribution in [2.45, 2.75) is 414 Å². The normalized spacial score (nSPS) is 14.1. The van der Waals surface area contributed by atoms with Crippen molar-refractivity contribution < 1.29 is 80.2 Å². The Hall–Kier alpha value is -1.94. The van der Waals surface area contributed by atoms with Crippen molar-refractivity contribution in [2.24, 2.45) is 23.7 Å². The van der Waals surface area contributed by atoms with Gasteiger partial charge in [0.25, 0.3) is 0 Å². The van der Waals surface area contributed by atoms with Crippen LogP contribution in [0.25, 0.3) is 0 Å². The molecule has 97 heavy (non-hydrogen) atoms. The summed E-state index contributed by atoms with van der Waals surface area (Å²) in [7, 11) is -9.91. The van der Waals surface area contributed by atoms with E-state index < -0.39 is 97.5 Å². The Morgan fingerprint density at radius 3 is 0.639 bits per heavy atom. The minimum Gasteiger partial charge on any atom is -0.462 e. The molecule has 0 saturated heterocycles. The maximum atomic E-state index is 13.1. The van der Waals surface area contributed by atoms with Crippen molar-refractivity contribution in [3.63, 3.8) is 0 Å². The molecule has 19 heteroatoms. The molecule has 0 aromatic carbocycles. The summed E-state index contributed by atoms with van der Waals surface area (Å²) < 4.78 is 68.5. The van der Waals surface area contributed by atoms with Crippen molar-refractivity contribution in [1.29, 1.82) is 0 Å². The number of ether oxygens (including phenoxy) is 4. The molecule has 3 N–H and O–H groups in total. The molecule has 0 aliphatic carbocycles. The first kappa shape index (κ1) is 95.1. The van der Waals surface area contributed by atoms with Crippen LogP contribution in [-0.2, 0) is 65.4 Å². The lowest BCUT2D eigenvalue weighted by Gasteiger charge is -2.21. The van der Waals surface area contributed by atoms with E-state index in [2.05, 4.69) is 55.4 Å².